The van der Waals surface area contributed by atoms with Gasteiger partial charge in [-0.3, -0.25) is 25.2 Å². The number of ether oxygens (including phenoxy) is 1. The van der Waals surface area contributed by atoms with Crippen LogP contribution in [0.4, 0.5) is 4.39 Å². The largest absolute Gasteiger partial charge is 0.496 e. The number of hydrazine groups is 1. The Balaban J connectivity index is 1.27. The molecule has 8 nitrogen and oxygen atoms in total. The highest BCUT2D eigenvalue weighted by Gasteiger charge is 2.26. The first-order valence-corrected chi connectivity index (χ1v) is 12.0. The Labute approximate surface area is 206 Å². The Morgan fingerprint density at radius 3 is 2.46 bits per heavy atom. The van der Waals surface area contributed by atoms with Crippen molar-refractivity contribution in [1.29, 1.82) is 0 Å². The Kier molecular flexibility index (Phi) is 7.71. The summed E-state index contributed by atoms with van der Waals surface area (Å²) in [6, 6.07) is 12.7. The number of carbonyl (C=O) groups excluding carboxylic acids is 3. The van der Waals surface area contributed by atoms with Crippen LogP contribution >= 0.6 is 11.3 Å². The summed E-state index contributed by atoms with van der Waals surface area (Å²) in [7, 11) is 1.47. The van der Waals surface area contributed by atoms with Crippen LogP contribution in [0.3, 0.4) is 0 Å². The molecule has 0 saturated carbocycles. The van der Waals surface area contributed by atoms with Crippen LogP contribution in [-0.2, 0) is 11.2 Å². The lowest BCUT2D eigenvalue weighted by molar-refractivity contribution is -0.131. The number of likely N-dealkylation sites (tertiary alicyclic amines) is 1. The fourth-order valence-electron chi connectivity index (χ4n) is 3.92. The second-order valence-electron chi connectivity index (χ2n) is 8.14. The number of carbonyl (C=O) groups is 3. The minimum Gasteiger partial charge on any atom is -0.496 e. The van der Waals surface area contributed by atoms with Crippen LogP contribution in [-0.4, -0.2) is 47.8 Å². The molecule has 0 radical (unpaired) electrons. The summed E-state index contributed by atoms with van der Waals surface area (Å²) in [5, 5.41) is 2.49. The zero-order valence-corrected chi connectivity index (χ0v) is 19.9. The smallest absolute Gasteiger partial charge is 0.289 e. The highest BCUT2D eigenvalue weighted by molar-refractivity contribution is 7.09. The predicted molar refractivity (Wildman–Crippen MR) is 129 cm³/mol. The average Bonchev–Trinajstić information content (AvgIpc) is 3.39. The monoisotopic (exact) mass is 496 g/mol. The standard InChI is InChI=1S/C25H25FN4O4S/c1-34-21-5-3-2-4-19(21)23(32)28-29-24(33)20-15-35-25(27-20)17-10-12-30(13-11-17)22(31)14-16-6-8-18(26)9-7-16/h2-9,15,17H,10-14H2,1H3,(H,28,32)(H,29,33). The van der Waals surface area contributed by atoms with Gasteiger partial charge in [0.2, 0.25) is 5.91 Å². The minimum atomic E-state index is -0.511. The molecule has 2 N–H and O–H groups in total. The van der Waals surface area contributed by atoms with E-state index in [0.717, 1.165) is 23.4 Å². The van der Waals surface area contributed by atoms with E-state index in [1.165, 1.54) is 30.6 Å². The number of nitrogens with one attached hydrogen (secondary N) is 2. The highest BCUT2D eigenvalue weighted by atomic mass is 32.1. The molecular weight excluding hydrogens is 471 g/mol. The lowest BCUT2D eigenvalue weighted by Gasteiger charge is -2.31. The number of amides is 3. The van der Waals surface area contributed by atoms with E-state index >= 15 is 0 Å². The van der Waals surface area contributed by atoms with Crippen molar-refractivity contribution >= 4 is 29.1 Å². The van der Waals surface area contributed by atoms with Crippen molar-refractivity contribution < 1.29 is 23.5 Å². The topological polar surface area (TPSA) is 101 Å². The first kappa shape index (κ1) is 24.3. The van der Waals surface area contributed by atoms with Gasteiger partial charge in [0, 0.05) is 24.4 Å². The second-order valence-corrected chi connectivity index (χ2v) is 9.03. The zero-order valence-electron chi connectivity index (χ0n) is 19.1. The molecule has 1 aliphatic heterocycles. The third-order valence-electron chi connectivity index (χ3n) is 5.86. The predicted octanol–water partition coefficient (Wildman–Crippen LogP) is 3.31. The lowest BCUT2D eigenvalue weighted by atomic mass is 9.97. The van der Waals surface area contributed by atoms with E-state index < -0.39 is 11.8 Å². The number of nitrogens with zero attached hydrogens (tertiary/aromatic N) is 2. The van der Waals surface area contributed by atoms with Gasteiger partial charge in [0.15, 0.2) is 0 Å². The van der Waals surface area contributed by atoms with E-state index in [4.69, 9.17) is 4.74 Å². The quantitative estimate of drug-likeness (QED) is 0.510. The second kappa shape index (κ2) is 11.1. The maximum atomic E-state index is 13.1. The molecule has 2 aromatic carbocycles. The zero-order chi connectivity index (χ0) is 24.8. The summed E-state index contributed by atoms with van der Waals surface area (Å²) in [6.07, 6.45) is 1.73. The Hall–Kier alpha value is -3.79. The summed E-state index contributed by atoms with van der Waals surface area (Å²) in [5.41, 5.74) is 6.08. The number of aromatic nitrogens is 1. The van der Waals surface area contributed by atoms with Gasteiger partial charge in [-0.05, 0) is 42.7 Å². The highest BCUT2D eigenvalue weighted by Crippen LogP contribution is 2.30. The summed E-state index contributed by atoms with van der Waals surface area (Å²) in [6.45, 7) is 1.20. The van der Waals surface area contributed by atoms with Crippen LogP contribution in [0.25, 0.3) is 0 Å². The van der Waals surface area contributed by atoms with E-state index in [-0.39, 0.29) is 29.8 Å². The summed E-state index contributed by atoms with van der Waals surface area (Å²) < 4.78 is 18.2. The van der Waals surface area contributed by atoms with Crippen molar-refractivity contribution in [2.24, 2.45) is 0 Å². The molecule has 10 heteroatoms. The number of benzene rings is 2. The molecule has 35 heavy (non-hydrogen) atoms. The molecule has 2 heterocycles. The Morgan fingerprint density at radius 1 is 1.06 bits per heavy atom. The van der Waals surface area contributed by atoms with Crippen molar-refractivity contribution in [1.82, 2.24) is 20.7 Å². The number of hydrogen-bond acceptors (Lipinski definition) is 6. The maximum Gasteiger partial charge on any atom is 0.289 e. The molecule has 182 valence electrons. The summed E-state index contributed by atoms with van der Waals surface area (Å²) >= 11 is 1.39. The van der Waals surface area contributed by atoms with E-state index in [9.17, 15) is 18.8 Å². The molecule has 0 spiro atoms. The molecule has 0 aliphatic carbocycles. The Morgan fingerprint density at radius 2 is 1.74 bits per heavy atom. The fourth-order valence-corrected chi connectivity index (χ4v) is 4.89. The van der Waals surface area contributed by atoms with Crippen molar-refractivity contribution in [3.63, 3.8) is 0 Å². The van der Waals surface area contributed by atoms with E-state index in [2.05, 4.69) is 15.8 Å². The number of para-hydroxylation sites is 1. The first-order valence-electron chi connectivity index (χ1n) is 11.2. The molecule has 0 unspecified atom stereocenters. The van der Waals surface area contributed by atoms with Crippen molar-refractivity contribution in [2.45, 2.75) is 25.2 Å². The third-order valence-corrected chi connectivity index (χ3v) is 6.87. The van der Waals surface area contributed by atoms with E-state index in [1.54, 1.807) is 41.8 Å². The van der Waals surface area contributed by atoms with Gasteiger partial charge in [0.25, 0.3) is 11.8 Å². The fraction of sp³-hybridized carbons (Fsp3) is 0.280. The molecule has 1 aliphatic rings. The van der Waals surface area contributed by atoms with Gasteiger partial charge < -0.3 is 9.64 Å². The summed E-state index contributed by atoms with van der Waals surface area (Å²) in [5.74, 6) is -0.763. The van der Waals surface area contributed by atoms with Crippen LogP contribution in [0.1, 0.15) is 50.2 Å². The number of piperidine rings is 1. The van der Waals surface area contributed by atoms with E-state index in [1.807, 2.05) is 4.90 Å². The van der Waals surface area contributed by atoms with Crippen LogP contribution in [0.2, 0.25) is 0 Å². The van der Waals surface area contributed by atoms with Crippen molar-refractivity contribution in [3.8, 4) is 5.75 Å². The number of thiazole rings is 1. The molecule has 0 bridgehead atoms. The molecule has 1 aromatic heterocycles. The van der Waals surface area contributed by atoms with Crippen molar-refractivity contribution in [2.75, 3.05) is 20.2 Å². The molecule has 4 rings (SSSR count). The minimum absolute atomic E-state index is 0.0139. The van der Waals surface area contributed by atoms with Crippen LogP contribution in [0.5, 0.6) is 5.75 Å². The maximum absolute atomic E-state index is 13.1. The molecular formula is C25H25FN4O4S. The van der Waals surface area contributed by atoms with Crippen LogP contribution in [0.15, 0.2) is 53.9 Å². The molecule has 3 amide bonds. The number of rotatable bonds is 6. The van der Waals surface area contributed by atoms with Gasteiger partial charge in [0.1, 0.15) is 17.3 Å². The van der Waals surface area contributed by atoms with E-state index in [0.29, 0.717) is 24.4 Å². The first-order chi connectivity index (χ1) is 16.9. The van der Waals surface area contributed by atoms with Crippen LogP contribution in [0, 0.1) is 5.82 Å². The molecule has 0 atom stereocenters. The Bertz CT molecular complexity index is 1210. The number of halogens is 1. The van der Waals surface area contributed by atoms with Crippen molar-refractivity contribution in [3.05, 3.63) is 81.6 Å². The van der Waals surface area contributed by atoms with Gasteiger partial charge in [0.05, 0.1) is 24.1 Å². The third kappa shape index (κ3) is 6.02. The SMILES string of the molecule is COc1ccccc1C(=O)NNC(=O)c1csc(C2CCN(C(=O)Cc3ccc(F)cc3)CC2)n1. The molecule has 1 fully saturated rings. The lowest BCUT2D eigenvalue weighted by Crippen LogP contribution is -2.42. The molecule has 3 aromatic rings. The number of methoxy groups -OCH3 is 1. The normalized spacial score (nSPS) is 13.8. The van der Waals surface area contributed by atoms with Gasteiger partial charge in [-0.25, -0.2) is 9.37 Å². The van der Waals surface area contributed by atoms with Crippen LogP contribution < -0.4 is 15.6 Å². The summed E-state index contributed by atoms with van der Waals surface area (Å²) in [4.78, 5) is 43.7. The van der Waals surface area contributed by atoms with Gasteiger partial charge in [-0.1, -0.05) is 24.3 Å². The number of hydrogen-bond donors (Lipinski definition) is 2. The average molecular weight is 497 g/mol. The van der Waals surface area contributed by atoms with Gasteiger partial charge >= 0.3 is 0 Å². The molecule has 1 saturated heterocycles. The van der Waals surface area contributed by atoms with Gasteiger partial charge in [-0.15, -0.1) is 11.3 Å². The van der Waals surface area contributed by atoms with Gasteiger partial charge in [-0.2, -0.15) is 0 Å².